The van der Waals surface area contributed by atoms with E-state index in [1.54, 1.807) is 12.1 Å². The lowest BCUT2D eigenvalue weighted by Gasteiger charge is -2.27. The Morgan fingerprint density at radius 3 is 2.16 bits per heavy atom. The largest absolute Gasteiger partial charge is 0.315 e. The van der Waals surface area contributed by atoms with Crippen molar-refractivity contribution in [3.63, 3.8) is 0 Å². The molecule has 166 valence electrons. The van der Waals surface area contributed by atoms with Crippen LogP contribution in [0.2, 0.25) is 0 Å². The maximum Gasteiger partial charge on any atom is 0.294 e. The molecule has 3 aromatic rings. The second-order valence-corrected chi connectivity index (χ2v) is 10.5. The van der Waals surface area contributed by atoms with E-state index < -0.39 is 10.1 Å². The van der Waals surface area contributed by atoms with Crippen LogP contribution in [-0.2, 0) is 16.7 Å². The molecule has 2 N–H and O–H groups in total. The molecule has 2 aromatic carbocycles. The number of aryl methyl sites for hydroxylation is 1. The minimum atomic E-state index is -4.02. The van der Waals surface area contributed by atoms with E-state index in [1.807, 2.05) is 17.8 Å². The number of benzene rings is 2. The van der Waals surface area contributed by atoms with Gasteiger partial charge in [-0.15, -0.1) is 5.10 Å². The monoisotopic (exact) mass is 442 g/mol. The van der Waals surface area contributed by atoms with E-state index in [-0.39, 0.29) is 10.3 Å². The summed E-state index contributed by atoms with van der Waals surface area (Å²) in [5, 5.41) is 11.6. The van der Waals surface area contributed by atoms with Crippen molar-refractivity contribution in [3.8, 4) is 11.3 Å². The second-order valence-electron chi connectivity index (χ2n) is 9.10. The third-order valence-corrected chi connectivity index (χ3v) is 5.89. The normalized spacial score (nSPS) is 14.5. The van der Waals surface area contributed by atoms with Gasteiger partial charge in [0.1, 0.15) is 0 Å². The molecule has 0 atom stereocenters. The smallest absolute Gasteiger partial charge is 0.294 e. The van der Waals surface area contributed by atoms with Crippen LogP contribution in [0.3, 0.4) is 0 Å². The molecule has 0 saturated carbocycles. The summed E-state index contributed by atoms with van der Waals surface area (Å²) in [5.74, 6) is 0.682. The molecule has 7 nitrogen and oxygen atoms in total. The molecule has 4 rings (SSSR count). The molecule has 1 aromatic heterocycles. The van der Waals surface area contributed by atoms with Crippen molar-refractivity contribution in [2.75, 3.05) is 13.1 Å². The lowest BCUT2D eigenvalue weighted by atomic mass is 9.92. The van der Waals surface area contributed by atoms with Crippen molar-refractivity contribution in [1.82, 2.24) is 20.3 Å². The van der Waals surface area contributed by atoms with Crippen molar-refractivity contribution >= 4 is 10.1 Å². The number of nitrogens with zero attached hydrogens (tertiary/aromatic N) is 3. The van der Waals surface area contributed by atoms with Crippen molar-refractivity contribution in [2.24, 2.45) is 5.41 Å². The van der Waals surface area contributed by atoms with Gasteiger partial charge < -0.3 is 5.32 Å². The van der Waals surface area contributed by atoms with E-state index in [4.69, 9.17) is 4.55 Å². The van der Waals surface area contributed by atoms with Crippen LogP contribution in [0.15, 0.2) is 59.6 Å². The Morgan fingerprint density at radius 2 is 1.68 bits per heavy atom. The summed E-state index contributed by atoms with van der Waals surface area (Å²) in [7, 11) is -4.02. The van der Waals surface area contributed by atoms with Gasteiger partial charge in [-0.3, -0.25) is 4.55 Å². The molecule has 0 amide bonds. The van der Waals surface area contributed by atoms with E-state index in [9.17, 15) is 8.42 Å². The van der Waals surface area contributed by atoms with E-state index >= 15 is 0 Å². The lowest BCUT2D eigenvalue weighted by Crippen LogP contribution is -2.39. The third kappa shape index (κ3) is 6.46. The van der Waals surface area contributed by atoms with E-state index in [2.05, 4.69) is 60.7 Å². The van der Waals surface area contributed by atoms with Crippen LogP contribution in [0.5, 0.6) is 0 Å². The van der Waals surface area contributed by atoms with Gasteiger partial charge in [-0.1, -0.05) is 67.9 Å². The number of hydrogen-bond acceptors (Lipinski definition) is 5. The maximum atomic E-state index is 10.5. The molecule has 0 spiro atoms. The second kappa shape index (κ2) is 9.30. The number of aromatic nitrogens is 3. The fourth-order valence-electron chi connectivity index (χ4n) is 3.21. The Bertz CT molecular complexity index is 1090. The molecule has 31 heavy (non-hydrogen) atoms. The summed E-state index contributed by atoms with van der Waals surface area (Å²) >= 11 is 0. The van der Waals surface area contributed by atoms with Crippen LogP contribution in [0.4, 0.5) is 0 Å². The van der Waals surface area contributed by atoms with E-state index in [0.29, 0.717) is 5.92 Å². The first-order valence-electron chi connectivity index (χ1n) is 10.3. The molecule has 1 aliphatic heterocycles. The van der Waals surface area contributed by atoms with Gasteiger partial charge in [0, 0.05) is 31.1 Å². The molecule has 0 bridgehead atoms. The van der Waals surface area contributed by atoms with Gasteiger partial charge in [0.05, 0.1) is 16.8 Å². The van der Waals surface area contributed by atoms with Crippen molar-refractivity contribution in [1.29, 1.82) is 0 Å². The van der Waals surface area contributed by atoms with Crippen LogP contribution in [0.1, 0.15) is 37.8 Å². The number of hydrogen-bond donors (Lipinski definition) is 2. The van der Waals surface area contributed by atoms with Gasteiger partial charge in [-0.05, 0) is 30.0 Å². The van der Waals surface area contributed by atoms with Gasteiger partial charge in [-0.25, -0.2) is 4.68 Å². The minimum absolute atomic E-state index is 0.0666. The first-order chi connectivity index (χ1) is 14.5. The Hall–Kier alpha value is -2.55. The fourth-order valence-corrected chi connectivity index (χ4v) is 3.69. The molecule has 0 unspecified atom stereocenters. The highest BCUT2D eigenvalue weighted by molar-refractivity contribution is 7.85. The highest BCUT2D eigenvalue weighted by atomic mass is 32.2. The van der Waals surface area contributed by atoms with Crippen LogP contribution in [-0.4, -0.2) is 41.1 Å². The first kappa shape index (κ1) is 23.1. The zero-order valence-corrected chi connectivity index (χ0v) is 19.2. The van der Waals surface area contributed by atoms with Crippen LogP contribution in [0.25, 0.3) is 11.3 Å². The molecule has 0 aliphatic carbocycles. The summed E-state index contributed by atoms with van der Waals surface area (Å²) in [6.07, 6.45) is 1.85. The molecule has 2 heterocycles. The van der Waals surface area contributed by atoms with Gasteiger partial charge in [0.15, 0.2) is 0 Å². The highest BCUT2D eigenvalue weighted by Gasteiger charge is 2.19. The quantitative estimate of drug-likeness (QED) is 0.595. The predicted octanol–water partition coefficient (Wildman–Crippen LogP) is 3.92. The average molecular weight is 443 g/mol. The SMILES string of the molecule is CC(C)(C)Cn1nncc1-c1ccc(C2CNC2)cc1.Cc1ccc(S(=O)(=O)O)cc1. The predicted molar refractivity (Wildman–Crippen MR) is 122 cm³/mol. The van der Waals surface area contributed by atoms with Crippen molar-refractivity contribution in [3.05, 3.63) is 65.9 Å². The fraction of sp³-hybridized carbons (Fsp3) is 0.391. The van der Waals surface area contributed by atoms with Crippen LogP contribution >= 0.6 is 0 Å². The zero-order chi connectivity index (χ0) is 22.6. The van der Waals surface area contributed by atoms with E-state index in [0.717, 1.165) is 30.9 Å². The molecular weight excluding hydrogens is 412 g/mol. The van der Waals surface area contributed by atoms with Crippen molar-refractivity contribution in [2.45, 2.75) is 45.1 Å². The Balaban J connectivity index is 0.000000210. The van der Waals surface area contributed by atoms with Crippen LogP contribution in [0, 0.1) is 12.3 Å². The summed E-state index contributed by atoms with van der Waals surface area (Å²) in [6, 6.07) is 14.8. The summed E-state index contributed by atoms with van der Waals surface area (Å²) in [5.41, 5.74) is 4.85. The summed E-state index contributed by atoms with van der Waals surface area (Å²) in [4.78, 5) is -0.0666. The van der Waals surface area contributed by atoms with Gasteiger partial charge in [0.25, 0.3) is 10.1 Å². The van der Waals surface area contributed by atoms with Crippen LogP contribution < -0.4 is 5.32 Å². The number of nitrogens with one attached hydrogen (secondary N) is 1. The lowest BCUT2D eigenvalue weighted by molar-refractivity contribution is 0.323. The topological polar surface area (TPSA) is 97.1 Å². The average Bonchev–Trinajstić information content (AvgIpc) is 3.07. The molecule has 8 heteroatoms. The minimum Gasteiger partial charge on any atom is -0.315 e. The Kier molecular flexibility index (Phi) is 6.93. The summed E-state index contributed by atoms with van der Waals surface area (Å²) in [6.45, 7) is 11.6. The maximum absolute atomic E-state index is 10.5. The summed E-state index contributed by atoms with van der Waals surface area (Å²) < 4.78 is 31.6. The Labute approximate surface area is 184 Å². The van der Waals surface area contributed by atoms with Gasteiger partial charge in [0.2, 0.25) is 0 Å². The zero-order valence-electron chi connectivity index (χ0n) is 18.4. The Morgan fingerprint density at radius 1 is 1.06 bits per heavy atom. The molecular formula is C23H30N4O3S. The standard InChI is InChI=1S/C16H22N4.C7H8O3S/c1-16(2,3)11-20-15(10-18-19-20)13-6-4-12(5-7-13)14-8-17-9-14;1-6-2-4-7(5-3-6)11(8,9)10/h4-7,10,14,17H,8-9,11H2,1-3H3;2-5H,1H3,(H,8,9,10). The van der Waals surface area contributed by atoms with E-state index in [1.165, 1.54) is 23.3 Å². The van der Waals surface area contributed by atoms with Gasteiger partial charge in [-0.2, -0.15) is 8.42 Å². The number of rotatable bonds is 4. The van der Waals surface area contributed by atoms with Crippen molar-refractivity contribution < 1.29 is 13.0 Å². The first-order valence-corrected chi connectivity index (χ1v) is 11.7. The molecule has 1 aliphatic rings. The molecule has 1 fully saturated rings. The molecule has 1 saturated heterocycles. The third-order valence-electron chi connectivity index (χ3n) is 5.02. The van der Waals surface area contributed by atoms with Gasteiger partial charge >= 0.3 is 0 Å². The highest BCUT2D eigenvalue weighted by Crippen LogP contribution is 2.26. The molecule has 0 radical (unpaired) electrons.